The van der Waals surface area contributed by atoms with Crippen molar-refractivity contribution in [2.45, 2.75) is 74.2 Å². The molecule has 0 radical (unpaired) electrons. The molecule has 40 heavy (non-hydrogen) atoms. The molecule has 1 saturated carbocycles. The number of allylic oxidation sites excluding steroid dienone is 1. The highest BCUT2D eigenvalue weighted by Crippen LogP contribution is 2.42. The number of imidazole rings is 1. The molecule has 0 bridgehead atoms. The Balaban J connectivity index is 1.07. The van der Waals surface area contributed by atoms with Gasteiger partial charge in [-0.05, 0) is 62.7 Å². The van der Waals surface area contributed by atoms with E-state index in [2.05, 4.69) is 72.0 Å². The summed E-state index contributed by atoms with van der Waals surface area (Å²) >= 11 is 2.56. The van der Waals surface area contributed by atoms with Crippen molar-refractivity contribution in [3.8, 4) is 6.07 Å². The van der Waals surface area contributed by atoms with Crippen molar-refractivity contribution in [1.82, 2.24) is 25.1 Å². The molecule has 1 spiro atoms. The number of nitriles is 1. The van der Waals surface area contributed by atoms with Crippen LogP contribution >= 0.6 is 22.6 Å². The van der Waals surface area contributed by atoms with E-state index >= 15 is 0 Å². The average molecular weight is 659 g/mol. The summed E-state index contributed by atoms with van der Waals surface area (Å²) in [5.74, 6) is 1.15. The SMILES string of the molecule is N#CC(CNC[C@H]1C=CC(CN2CCC3(CCN(C4CCCCC4)CC3)C2)=CC1I)(CC(=N)N)Cc1ncc[nH]1. The van der Waals surface area contributed by atoms with Gasteiger partial charge < -0.3 is 20.9 Å². The van der Waals surface area contributed by atoms with Gasteiger partial charge >= 0.3 is 0 Å². The number of H-pyrrole nitrogens is 1. The molecule has 2 aliphatic heterocycles. The van der Waals surface area contributed by atoms with E-state index in [1.54, 1.807) is 12.4 Å². The van der Waals surface area contributed by atoms with Crippen LogP contribution in [0, 0.1) is 33.5 Å². The van der Waals surface area contributed by atoms with E-state index in [9.17, 15) is 5.26 Å². The summed E-state index contributed by atoms with van der Waals surface area (Å²) in [6.45, 7) is 7.44. The third-order valence-electron chi connectivity index (χ3n) is 9.88. The molecular formula is C31H47IN8. The number of amidine groups is 1. The lowest BCUT2D eigenvalue weighted by molar-refractivity contribution is 0.0625. The summed E-state index contributed by atoms with van der Waals surface area (Å²) in [5, 5.41) is 21.4. The number of hydrogen-bond donors (Lipinski definition) is 4. The normalized spacial score (nSPS) is 27.4. The lowest BCUT2D eigenvalue weighted by Crippen LogP contribution is -2.46. The van der Waals surface area contributed by atoms with Crippen molar-refractivity contribution >= 4 is 28.4 Å². The quantitative estimate of drug-likeness (QED) is 0.121. The Morgan fingerprint density at radius 1 is 1.25 bits per heavy atom. The summed E-state index contributed by atoms with van der Waals surface area (Å²) in [5.41, 5.74) is 6.93. The van der Waals surface area contributed by atoms with Gasteiger partial charge in [-0.1, -0.05) is 60.1 Å². The van der Waals surface area contributed by atoms with Gasteiger partial charge in [-0.2, -0.15) is 5.26 Å². The van der Waals surface area contributed by atoms with Crippen molar-refractivity contribution in [2.24, 2.45) is 22.5 Å². The second-order valence-corrected chi connectivity index (χ2v) is 14.4. The Bertz CT molecular complexity index is 1080. The molecule has 4 aliphatic rings. The number of aromatic amines is 1. The molecule has 1 aromatic heterocycles. The van der Waals surface area contributed by atoms with Gasteiger partial charge in [0.1, 0.15) is 5.82 Å². The summed E-state index contributed by atoms with van der Waals surface area (Å²) in [7, 11) is 0. The van der Waals surface area contributed by atoms with Crippen molar-refractivity contribution in [2.75, 3.05) is 45.8 Å². The summed E-state index contributed by atoms with van der Waals surface area (Å²) in [4.78, 5) is 12.9. The number of halogens is 1. The second kappa shape index (κ2) is 13.5. The molecule has 3 heterocycles. The highest BCUT2D eigenvalue weighted by molar-refractivity contribution is 14.1. The van der Waals surface area contributed by atoms with Crippen molar-refractivity contribution in [1.29, 1.82) is 10.7 Å². The maximum Gasteiger partial charge on any atom is 0.107 e. The fourth-order valence-corrected chi connectivity index (χ4v) is 8.48. The molecule has 3 atom stereocenters. The van der Waals surface area contributed by atoms with Gasteiger partial charge in [0, 0.05) is 67.3 Å². The van der Waals surface area contributed by atoms with Gasteiger partial charge in [0.25, 0.3) is 0 Å². The van der Waals surface area contributed by atoms with E-state index in [4.69, 9.17) is 11.1 Å². The van der Waals surface area contributed by atoms with Crippen LogP contribution in [0.1, 0.15) is 63.6 Å². The average Bonchev–Trinajstić information content (AvgIpc) is 3.60. The zero-order valence-electron chi connectivity index (χ0n) is 23.9. The first-order chi connectivity index (χ1) is 19.4. The van der Waals surface area contributed by atoms with Crippen molar-refractivity contribution < 1.29 is 0 Å². The van der Waals surface area contributed by atoms with Gasteiger partial charge in [-0.25, -0.2) is 4.98 Å². The molecule has 9 heteroatoms. The first-order valence-electron chi connectivity index (χ1n) is 15.3. The van der Waals surface area contributed by atoms with E-state index in [-0.39, 0.29) is 12.3 Å². The van der Waals surface area contributed by atoms with E-state index in [0.29, 0.717) is 28.2 Å². The van der Waals surface area contributed by atoms with Crippen LogP contribution in [0.15, 0.2) is 36.2 Å². The van der Waals surface area contributed by atoms with Gasteiger partial charge in [-0.15, -0.1) is 0 Å². The molecule has 1 aromatic rings. The molecule has 0 amide bonds. The van der Waals surface area contributed by atoms with E-state index in [1.165, 1.54) is 83.1 Å². The standard InChI is InChI=1S/C31H47IN8/c32-27-16-24(20-39-13-8-30(23-39)9-14-40(15-10-30)26-4-2-1-3-5-26)6-7-25(27)19-36-22-31(21-33,17-28(34)35)18-29-37-11-12-38-29/h6-7,11-12,16,25-27,36H,1-5,8-10,13-15,17-20,22-23H2,(H3,34,35)(H,37,38)/t25-,27?,31?/m1/s1. The van der Waals surface area contributed by atoms with E-state index in [0.717, 1.165) is 25.0 Å². The molecule has 8 nitrogen and oxygen atoms in total. The van der Waals surface area contributed by atoms with Gasteiger partial charge in [0.15, 0.2) is 0 Å². The minimum atomic E-state index is -0.790. The predicted molar refractivity (Wildman–Crippen MR) is 169 cm³/mol. The summed E-state index contributed by atoms with van der Waals surface area (Å²) in [6, 6.07) is 3.31. The third kappa shape index (κ3) is 7.55. The Morgan fingerprint density at radius 3 is 2.70 bits per heavy atom. The Hall–Kier alpha value is -1.74. The minimum absolute atomic E-state index is 0.0327. The first kappa shape index (κ1) is 29.7. The number of nitrogens with one attached hydrogen (secondary N) is 3. The van der Waals surface area contributed by atoms with Crippen LogP contribution in [0.25, 0.3) is 0 Å². The van der Waals surface area contributed by atoms with Crippen LogP contribution in [-0.2, 0) is 6.42 Å². The summed E-state index contributed by atoms with van der Waals surface area (Å²) < 4.78 is 0.412. The Morgan fingerprint density at radius 2 is 2.02 bits per heavy atom. The number of rotatable bonds is 11. The highest BCUT2D eigenvalue weighted by Gasteiger charge is 2.41. The fourth-order valence-electron chi connectivity index (χ4n) is 7.53. The predicted octanol–water partition coefficient (Wildman–Crippen LogP) is 4.41. The maximum atomic E-state index is 10.0. The Labute approximate surface area is 253 Å². The van der Waals surface area contributed by atoms with Gasteiger partial charge in [-0.3, -0.25) is 10.3 Å². The number of hydrogen-bond acceptors (Lipinski definition) is 6. The zero-order valence-corrected chi connectivity index (χ0v) is 26.0. The molecule has 5 rings (SSSR count). The van der Waals surface area contributed by atoms with E-state index in [1.807, 2.05) is 0 Å². The third-order valence-corrected chi connectivity index (χ3v) is 11.2. The second-order valence-electron chi connectivity index (χ2n) is 12.9. The van der Waals surface area contributed by atoms with Gasteiger partial charge in [0.05, 0.1) is 17.3 Å². The van der Waals surface area contributed by atoms with Crippen molar-refractivity contribution in [3.05, 3.63) is 42.0 Å². The summed E-state index contributed by atoms with van der Waals surface area (Å²) in [6.07, 6.45) is 22.5. The lowest BCUT2D eigenvalue weighted by Gasteiger charge is -2.44. The lowest BCUT2D eigenvalue weighted by atomic mass is 9.77. The fraction of sp³-hybridized carbons (Fsp3) is 0.710. The van der Waals surface area contributed by atoms with E-state index < -0.39 is 5.41 Å². The minimum Gasteiger partial charge on any atom is -0.388 e. The van der Waals surface area contributed by atoms with Crippen LogP contribution < -0.4 is 11.1 Å². The molecule has 3 fully saturated rings. The highest BCUT2D eigenvalue weighted by atomic mass is 127. The van der Waals surface area contributed by atoms with Crippen LogP contribution in [0.5, 0.6) is 0 Å². The number of likely N-dealkylation sites (tertiary alicyclic amines) is 2. The smallest absolute Gasteiger partial charge is 0.107 e. The molecule has 2 aliphatic carbocycles. The number of piperidine rings is 1. The number of nitrogens with zero attached hydrogens (tertiary/aromatic N) is 4. The first-order valence-corrected chi connectivity index (χ1v) is 16.5. The maximum absolute atomic E-state index is 10.0. The molecule has 2 unspecified atom stereocenters. The topological polar surface area (TPSA) is 121 Å². The van der Waals surface area contributed by atoms with Crippen LogP contribution in [0.3, 0.4) is 0 Å². The molecule has 218 valence electrons. The molecular weight excluding hydrogens is 611 g/mol. The number of aromatic nitrogens is 2. The number of alkyl halides is 1. The molecule has 0 aromatic carbocycles. The van der Waals surface area contributed by atoms with Crippen molar-refractivity contribution in [3.63, 3.8) is 0 Å². The molecule has 2 saturated heterocycles. The van der Waals surface area contributed by atoms with Crippen LogP contribution in [0.2, 0.25) is 0 Å². The molecule has 5 N–H and O–H groups in total. The zero-order chi connectivity index (χ0) is 28.0. The monoisotopic (exact) mass is 658 g/mol. The van der Waals surface area contributed by atoms with Crippen LogP contribution in [0.4, 0.5) is 0 Å². The van der Waals surface area contributed by atoms with Gasteiger partial charge in [0.2, 0.25) is 0 Å². The Kier molecular flexibility index (Phi) is 10.0. The van der Waals surface area contributed by atoms with Crippen LogP contribution in [-0.4, -0.2) is 81.4 Å². The number of nitrogens with two attached hydrogens (primary N) is 1. The largest absolute Gasteiger partial charge is 0.388 e.